The van der Waals surface area contributed by atoms with Crippen molar-refractivity contribution in [1.82, 2.24) is 10.6 Å². The smallest absolute Gasteiger partial charge is 0.407 e. The number of ether oxygens (including phenoxy) is 1. The topological polar surface area (TPSA) is 105 Å². The maximum Gasteiger partial charge on any atom is 0.407 e. The third-order valence-corrected chi connectivity index (χ3v) is 6.63. The first-order valence-electron chi connectivity index (χ1n) is 11.8. The lowest BCUT2D eigenvalue weighted by atomic mass is 9.88. The molecule has 0 saturated heterocycles. The van der Waals surface area contributed by atoms with Gasteiger partial charge in [-0.15, -0.1) is 0 Å². The van der Waals surface area contributed by atoms with Gasteiger partial charge >= 0.3 is 12.1 Å². The van der Waals surface area contributed by atoms with Gasteiger partial charge in [0.25, 0.3) is 0 Å². The van der Waals surface area contributed by atoms with Crippen molar-refractivity contribution in [3.8, 4) is 11.1 Å². The average Bonchev–Trinajstić information content (AvgIpc) is 3.58. The SMILES string of the molecule is CC(C)(CNC(=O)OCC1c2ccccc2-c2ccccc21)CC(=O)NC(CC(=O)O)C1CC1. The Hall–Kier alpha value is -3.35. The van der Waals surface area contributed by atoms with E-state index in [4.69, 9.17) is 9.84 Å². The van der Waals surface area contributed by atoms with Gasteiger partial charge in [0.05, 0.1) is 6.42 Å². The molecule has 1 saturated carbocycles. The summed E-state index contributed by atoms with van der Waals surface area (Å²) < 4.78 is 5.57. The summed E-state index contributed by atoms with van der Waals surface area (Å²) in [6, 6.07) is 16.0. The Kier molecular flexibility index (Phi) is 6.91. The molecule has 0 aromatic heterocycles. The van der Waals surface area contributed by atoms with Crippen molar-refractivity contribution in [2.45, 2.75) is 51.5 Å². The molecule has 180 valence electrons. The van der Waals surface area contributed by atoms with E-state index in [9.17, 15) is 14.4 Å². The fraction of sp³-hybridized carbons (Fsp3) is 0.444. The largest absolute Gasteiger partial charge is 0.481 e. The molecule has 1 unspecified atom stereocenters. The fourth-order valence-electron chi connectivity index (χ4n) is 4.74. The summed E-state index contributed by atoms with van der Waals surface area (Å²) in [4.78, 5) is 36.0. The number of carboxylic acids is 1. The van der Waals surface area contributed by atoms with Crippen LogP contribution in [0.1, 0.15) is 56.6 Å². The van der Waals surface area contributed by atoms with E-state index in [1.807, 2.05) is 38.1 Å². The van der Waals surface area contributed by atoms with Crippen LogP contribution in [0.3, 0.4) is 0 Å². The molecule has 2 aromatic rings. The quantitative estimate of drug-likeness (QED) is 0.486. The maximum absolute atomic E-state index is 12.5. The number of aliphatic carboxylic acids is 1. The van der Waals surface area contributed by atoms with Crippen LogP contribution in [0, 0.1) is 11.3 Å². The zero-order chi connectivity index (χ0) is 24.3. The summed E-state index contributed by atoms with van der Waals surface area (Å²) in [7, 11) is 0. The number of hydrogen-bond acceptors (Lipinski definition) is 4. The number of nitrogens with one attached hydrogen (secondary N) is 2. The minimum Gasteiger partial charge on any atom is -0.481 e. The van der Waals surface area contributed by atoms with E-state index in [-0.39, 0.29) is 49.8 Å². The Morgan fingerprint density at radius 2 is 1.62 bits per heavy atom. The lowest BCUT2D eigenvalue weighted by molar-refractivity contribution is -0.138. The van der Waals surface area contributed by atoms with Gasteiger partial charge in [-0.3, -0.25) is 9.59 Å². The third-order valence-electron chi connectivity index (χ3n) is 6.63. The van der Waals surface area contributed by atoms with Crippen LogP contribution in [0.15, 0.2) is 48.5 Å². The van der Waals surface area contributed by atoms with E-state index in [0.717, 1.165) is 24.0 Å². The van der Waals surface area contributed by atoms with Gasteiger partial charge in [0.1, 0.15) is 6.61 Å². The van der Waals surface area contributed by atoms with Gasteiger partial charge in [-0.25, -0.2) is 4.79 Å². The van der Waals surface area contributed by atoms with Crippen molar-refractivity contribution in [3.05, 3.63) is 59.7 Å². The summed E-state index contributed by atoms with van der Waals surface area (Å²) in [5.41, 5.74) is 4.14. The number of rotatable bonds is 10. The van der Waals surface area contributed by atoms with E-state index >= 15 is 0 Å². The molecule has 2 aliphatic carbocycles. The summed E-state index contributed by atoms with van der Waals surface area (Å²) in [5.74, 6) is -0.862. The highest BCUT2D eigenvalue weighted by Gasteiger charge is 2.35. The van der Waals surface area contributed by atoms with Crippen LogP contribution in [0.4, 0.5) is 4.79 Å². The first kappa shape index (κ1) is 23.8. The molecule has 2 amide bonds. The van der Waals surface area contributed by atoms with Gasteiger partial charge < -0.3 is 20.5 Å². The summed E-state index contributed by atoms with van der Waals surface area (Å²) in [6.45, 7) is 4.28. The lowest BCUT2D eigenvalue weighted by Gasteiger charge is -2.26. The van der Waals surface area contributed by atoms with Gasteiger partial charge in [-0.05, 0) is 46.4 Å². The number of amides is 2. The molecule has 0 heterocycles. The standard InChI is InChI=1S/C27H32N2O5/c1-27(2,14-24(30)29-23(13-25(31)32)17-11-12-17)16-28-26(33)34-15-22-20-9-5-3-7-18(20)19-8-4-6-10-21(19)22/h3-10,17,22-23H,11-16H2,1-2H3,(H,28,33)(H,29,30)(H,31,32). The Morgan fingerprint density at radius 1 is 1.03 bits per heavy atom. The summed E-state index contributed by atoms with van der Waals surface area (Å²) >= 11 is 0. The van der Waals surface area contributed by atoms with Crippen LogP contribution in [-0.4, -0.2) is 42.3 Å². The number of fused-ring (bicyclic) bond motifs is 3. The number of alkyl carbamates (subject to hydrolysis) is 1. The monoisotopic (exact) mass is 464 g/mol. The number of benzene rings is 2. The van der Waals surface area contributed by atoms with Crippen LogP contribution < -0.4 is 10.6 Å². The average molecular weight is 465 g/mol. The second-order valence-corrected chi connectivity index (χ2v) is 10.1. The van der Waals surface area contributed by atoms with E-state index in [1.54, 1.807) is 0 Å². The number of carbonyl (C=O) groups excluding carboxylic acids is 2. The van der Waals surface area contributed by atoms with Crippen LogP contribution >= 0.6 is 0 Å². The number of carboxylic acid groups (broad SMARTS) is 1. The molecule has 0 spiro atoms. The van der Waals surface area contributed by atoms with Crippen molar-refractivity contribution in [2.75, 3.05) is 13.2 Å². The number of carbonyl (C=O) groups is 3. The molecule has 0 aliphatic heterocycles. The highest BCUT2D eigenvalue weighted by atomic mass is 16.5. The van der Waals surface area contributed by atoms with Crippen molar-refractivity contribution in [2.24, 2.45) is 11.3 Å². The Labute approximate surface area is 199 Å². The number of hydrogen-bond donors (Lipinski definition) is 3. The van der Waals surface area contributed by atoms with Crippen LogP contribution in [-0.2, 0) is 14.3 Å². The van der Waals surface area contributed by atoms with E-state index < -0.39 is 17.5 Å². The molecule has 3 N–H and O–H groups in total. The third kappa shape index (κ3) is 5.76. The highest BCUT2D eigenvalue weighted by molar-refractivity contribution is 5.79. The summed E-state index contributed by atoms with van der Waals surface area (Å²) in [6.07, 6.45) is 1.50. The maximum atomic E-state index is 12.5. The molecule has 2 aliphatic rings. The normalized spacial score (nSPS) is 15.7. The van der Waals surface area contributed by atoms with Crippen LogP contribution in [0.25, 0.3) is 11.1 Å². The highest BCUT2D eigenvalue weighted by Crippen LogP contribution is 2.44. The molecule has 0 bridgehead atoms. The first-order chi connectivity index (χ1) is 16.2. The predicted octanol–water partition coefficient (Wildman–Crippen LogP) is 4.31. The zero-order valence-corrected chi connectivity index (χ0v) is 19.7. The molecule has 1 atom stereocenters. The minimum absolute atomic E-state index is 0.00877. The second-order valence-electron chi connectivity index (χ2n) is 10.1. The fourth-order valence-corrected chi connectivity index (χ4v) is 4.74. The molecule has 2 aromatic carbocycles. The van der Waals surface area contributed by atoms with Gasteiger partial charge in [0.2, 0.25) is 5.91 Å². The van der Waals surface area contributed by atoms with Crippen molar-refractivity contribution in [1.29, 1.82) is 0 Å². The molecule has 34 heavy (non-hydrogen) atoms. The van der Waals surface area contributed by atoms with Gasteiger partial charge in [0, 0.05) is 24.9 Å². The molecule has 1 fully saturated rings. The molecule has 7 heteroatoms. The van der Waals surface area contributed by atoms with Crippen molar-refractivity contribution >= 4 is 18.0 Å². The molecule has 4 rings (SSSR count). The van der Waals surface area contributed by atoms with Gasteiger partial charge in [-0.2, -0.15) is 0 Å². The van der Waals surface area contributed by atoms with Crippen molar-refractivity contribution < 1.29 is 24.2 Å². The molecular weight excluding hydrogens is 432 g/mol. The predicted molar refractivity (Wildman–Crippen MR) is 128 cm³/mol. The zero-order valence-electron chi connectivity index (χ0n) is 19.7. The van der Waals surface area contributed by atoms with Gasteiger partial charge in [-0.1, -0.05) is 62.4 Å². The lowest BCUT2D eigenvalue weighted by Crippen LogP contribution is -2.42. The first-order valence-corrected chi connectivity index (χ1v) is 11.8. The second kappa shape index (κ2) is 9.87. The molecule has 0 radical (unpaired) electrons. The van der Waals surface area contributed by atoms with Gasteiger partial charge in [0.15, 0.2) is 0 Å². The molecule has 7 nitrogen and oxygen atoms in total. The van der Waals surface area contributed by atoms with Crippen molar-refractivity contribution in [3.63, 3.8) is 0 Å². The Morgan fingerprint density at radius 3 is 2.18 bits per heavy atom. The minimum atomic E-state index is -0.909. The van der Waals surface area contributed by atoms with E-state index in [1.165, 1.54) is 11.1 Å². The molecular formula is C27H32N2O5. The van der Waals surface area contributed by atoms with Crippen LogP contribution in [0.2, 0.25) is 0 Å². The van der Waals surface area contributed by atoms with E-state index in [2.05, 4.69) is 34.9 Å². The van der Waals surface area contributed by atoms with Crippen LogP contribution in [0.5, 0.6) is 0 Å². The summed E-state index contributed by atoms with van der Waals surface area (Å²) in [5, 5.41) is 14.7. The Bertz CT molecular complexity index is 1030. The van der Waals surface area contributed by atoms with E-state index in [0.29, 0.717) is 0 Å². The Balaban J connectivity index is 1.27.